The Hall–Kier alpha value is -0.960. The second-order valence-electron chi connectivity index (χ2n) is 5.75. The molecule has 3 heteroatoms. The van der Waals surface area contributed by atoms with Crippen molar-refractivity contribution in [2.45, 2.75) is 49.1 Å². The second-order valence-corrected chi connectivity index (χ2v) is 7.21. The summed E-state index contributed by atoms with van der Waals surface area (Å²) in [4.78, 5) is 2.47. The van der Waals surface area contributed by atoms with Gasteiger partial charge >= 0.3 is 0 Å². The topological polar surface area (TPSA) is 12.0 Å². The van der Waals surface area contributed by atoms with Crippen molar-refractivity contribution in [1.29, 1.82) is 0 Å². The normalized spacial score (nSPS) is 14.4. The first-order chi connectivity index (χ1) is 10.1. The predicted octanol–water partition coefficient (Wildman–Crippen LogP) is 5.36. The quantitative estimate of drug-likeness (QED) is 0.796. The van der Waals surface area contributed by atoms with Crippen LogP contribution in [-0.4, -0.2) is 6.04 Å². The lowest BCUT2D eigenvalue weighted by Crippen LogP contribution is -2.15. The van der Waals surface area contributed by atoms with E-state index in [1.165, 1.54) is 39.3 Å². The minimum absolute atomic E-state index is 0.711. The van der Waals surface area contributed by atoms with Gasteiger partial charge in [0.15, 0.2) is 0 Å². The number of hydrogen-bond donors (Lipinski definition) is 1. The molecule has 0 saturated heterocycles. The first-order valence-corrected chi connectivity index (χ1v) is 8.59. The van der Waals surface area contributed by atoms with Crippen molar-refractivity contribution >= 4 is 23.4 Å². The smallest absolute Gasteiger partial charge is 0.0548 e. The molecule has 0 aliphatic heterocycles. The van der Waals surface area contributed by atoms with Crippen molar-refractivity contribution in [2.24, 2.45) is 0 Å². The molecule has 0 spiro atoms. The summed E-state index contributed by atoms with van der Waals surface area (Å²) in [5.41, 5.74) is 3.87. The number of nitrogens with one attached hydrogen (secondary N) is 1. The highest BCUT2D eigenvalue weighted by Gasteiger charge is 2.21. The van der Waals surface area contributed by atoms with Crippen LogP contribution in [0.3, 0.4) is 0 Å². The highest BCUT2D eigenvalue weighted by molar-refractivity contribution is 7.99. The lowest BCUT2D eigenvalue weighted by atomic mass is 10.2. The molecule has 1 aliphatic rings. The summed E-state index contributed by atoms with van der Waals surface area (Å²) in [5.74, 6) is 0. The van der Waals surface area contributed by atoms with Crippen molar-refractivity contribution in [3.05, 3.63) is 58.1 Å². The van der Waals surface area contributed by atoms with Crippen LogP contribution >= 0.6 is 23.4 Å². The zero-order valence-electron chi connectivity index (χ0n) is 12.4. The van der Waals surface area contributed by atoms with E-state index in [9.17, 15) is 0 Å². The molecule has 1 fully saturated rings. The van der Waals surface area contributed by atoms with Gasteiger partial charge in [-0.3, -0.25) is 0 Å². The molecule has 0 atom stereocenters. The maximum absolute atomic E-state index is 6.45. The molecule has 0 heterocycles. The minimum Gasteiger partial charge on any atom is -0.310 e. The Morgan fingerprint density at radius 2 is 2.00 bits per heavy atom. The Morgan fingerprint density at radius 3 is 2.76 bits per heavy atom. The third-order valence-electron chi connectivity index (χ3n) is 3.76. The summed E-state index contributed by atoms with van der Waals surface area (Å²) in [7, 11) is 0. The zero-order chi connectivity index (χ0) is 14.8. The van der Waals surface area contributed by atoms with Crippen LogP contribution in [0.5, 0.6) is 0 Å². The summed E-state index contributed by atoms with van der Waals surface area (Å²) in [5, 5.41) is 4.42. The fourth-order valence-corrected chi connectivity index (χ4v) is 3.72. The van der Waals surface area contributed by atoms with Gasteiger partial charge in [-0.15, -0.1) is 0 Å². The van der Waals surface area contributed by atoms with Crippen molar-refractivity contribution in [1.82, 2.24) is 5.32 Å². The molecule has 1 nitrogen and oxygen atoms in total. The van der Waals surface area contributed by atoms with E-state index >= 15 is 0 Å². The third-order valence-corrected chi connectivity index (χ3v) is 5.54. The number of rotatable bonds is 5. The molecule has 0 amide bonds. The molecule has 1 saturated carbocycles. The number of hydrogen-bond acceptors (Lipinski definition) is 2. The molecule has 110 valence electrons. The summed E-state index contributed by atoms with van der Waals surface area (Å²) < 4.78 is 0. The number of aryl methyl sites for hydroxylation is 2. The van der Waals surface area contributed by atoms with Crippen molar-refractivity contribution in [3.8, 4) is 0 Å². The predicted molar refractivity (Wildman–Crippen MR) is 91.4 cm³/mol. The van der Waals surface area contributed by atoms with Gasteiger partial charge in [0.2, 0.25) is 0 Å². The Labute approximate surface area is 136 Å². The van der Waals surface area contributed by atoms with E-state index in [2.05, 4.69) is 43.4 Å². The molecule has 1 N–H and O–H groups in total. The van der Waals surface area contributed by atoms with Crippen molar-refractivity contribution in [2.75, 3.05) is 0 Å². The van der Waals surface area contributed by atoms with Crippen LogP contribution in [0, 0.1) is 13.8 Å². The minimum atomic E-state index is 0.711. The van der Waals surface area contributed by atoms with Crippen LogP contribution in [0.15, 0.2) is 46.2 Å². The van der Waals surface area contributed by atoms with Gasteiger partial charge in [-0.25, -0.2) is 0 Å². The monoisotopic (exact) mass is 317 g/mol. The van der Waals surface area contributed by atoms with Crippen molar-refractivity contribution in [3.63, 3.8) is 0 Å². The molecule has 2 aromatic carbocycles. The number of halogens is 1. The maximum atomic E-state index is 6.45. The van der Waals surface area contributed by atoms with Gasteiger partial charge in [-0.2, -0.15) is 0 Å². The van der Waals surface area contributed by atoms with E-state index in [1.807, 2.05) is 12.1 Å². The van der Waals surface area contributed by atoms with E-state index in [0.717, 1.165) is 11.6 Å². The lowest BCUT2D eigenvalue weighted by Gasteiger charge is -2.13. The molecule has 0 bridgehead atoms. The summed E-state index contributed by atoms with van der Waals surface area (Å²) in [6, 6.07) is 13.5. The molecule has 3 rings (SSSR count). The largest absolute Gasteiger partial charge is 0.310 e. The van der Waals surface area contributed by atoms with Gasteiger partial charge < -0.3 is 5.32 Å². The van der Waals surface area contributed by atoms with Crippen LogP contribution in [0.1, 0.15) is 29.5 Å². The van der Waals surface area contributed by atoms with Gasteiger partial charge in [0.25, 0.3) is 0 Å². The van der Waals surface area contributed by atoms with E-state index in [4.69, 9.17) is 11.6 Å². The van der Waals surface area contributed by atoms with Gasteiger partial charge in [0.05, 0.1) is 5.02 Å². The Balaban J connectivity index is 1.87. The van der Waals surface area contributed by atoms with Crippen LogP contribution < -0.4 is 5.32 Å². The SMILES string of the molecule is Cc1ccc(C)c(Sc2c(Cl)cccc2CNC2CC2)c1. The average molecular weight is 318 g/mol. The molecule has 0 radical (unpaired) electrons. The fourth-order valence-electron chi connectivity index (χ4n) is 2.28. The number of benzene rings is 2. The Bertz CT molecular complexity index is 650. The Kier molecular flexibility index (Phi) is 4.58. The van der Waals surface area contributed by atoms with Gasteiger partial charge in [0, 0.05) is 22.4 Å². The van der Waals surface area contributed by atoms with E-state index in [-0.39, 0.29) is 0 Å². The highest BCUT2D eigenvalue weighted by atomic mass is 35.5. The van der Waals surface area contributed by atoms with Gasteiger partial charge in [-0.05, 0) is 55.5 Å². The van der Waals surface area contributed by atoms with Crippen LogP contribution in [0.25, 0.3) is 0 Å². The summed E-state index contributed by atoms with van der Waals surface area (Å²) in [6.07, 6.45) is 2.61. The molecule has 0 unspecified atom stereocenters. The summed E-state index contributed by atoms with van der Waals surface area (Å²) in [6.45, 7) is 5.19. The summed E-state index contributed by atoms with van der Waals surface area (Å²) >= 11 is 8.24. The zero-order valence-corrected chi connectivity index (χ0v) is 14.0. The molecule has 21 heavy (non-hydrogen) atoms. The molecule has 2 aromatic rings. The maximum Gasteiger partial charge on any atom is 0.0548 e. The van der Waals surface area contributed by atoms with E-state index < -0.39 is 0 Å². The molecule has 1 aliphatic carbocycles. The van der Waals surface area contributed by atoms with Crippen LogP contribution in [0.2, 0.25) is 5.02 Å². The average Bonchev–Trinajstić information content (AvgIpc) is 3.27. The van der Waals surface area contributed by atoms with Crippen LogP contribution in [0.4, 0.5) is 0 Å². The molecular formula is C18H20ClNS. The second kappa shape index (κ2) is 6.43. The first kappa shape index (κ1) is 15.0. The van der Waals surface area contributed by atoms with Crippen molar-refractivity contribution < 1.29 is 0 Å². The standard InChI is InChI=1S/C18H20ClNS/c1-12-6-7-13(2)17(10-12)21-18-14(4-3-5-16(18)19)11-20-15-8-9-15/h3-7,10,15,20H,8-9,11H2,1-2H3. The van der Waals surface area contributed by atoms with E-state index in [0.29, 0.717) is 6.04 Å². The lowest BCUT2D eigenvalue weighted by molar-refractivity contribution is 0.680. The van der Waals surface area contributed by atoms with E-state index in [1.54, 1.807) is 11.8 Å². The highest BCUT2D eigenvalue weighted by Crippen LogP contribution is 2.38. The first-order valence-electron chi connectivity index (χ1n) is 7.39. The Morgan fingerprint density at radius 1 is 1.19 bits per heavy atom. The van der Waals surface area contributed by atoms with Gasteiger partial charge in [-0.1, -0.05) is 47.6 Å². The van der Waals surface area contributed by atoms with Crippen LogP contribution in [-0.2, 0) is 6.54 Å². The third kappa shape index (κ3) is 3.82. The molecule has 0 aromatic heterocycles. The molecular weight excluding hydrogens is 298 g/mol. The van der Waals surface area contributed by atoms with Gasteiger partial charge in [0.1, 0.15) is 0 Å². The fraction of sp³-hybridized carbons (Fsp3) is 0.333.